The van der Waals surface area contributed by atoms with Crippen molar-refractivity contribution in [3.63, 3.8) is 0 Å². The molecule has 19 heavy (non-hydrogen) atoms. The first-order valence-corrected chi connectivity index (χ1v) is 5.36. The third-order valence-corrected chi connectivity index (χ3v) is 2.69. The van der Waals surface area contributed by atoms with E-state index in [0.717, 1.165) is 5.56 Å². The average Bonchev–Trinajstić information content (AvgIpc) is 2.38. The van der Waals surface area contributed by atoms with Gasteiger partial charge in [0.2, 0.25) is 0 Å². The SMILES string of the molecule is Nc1cc(-c2ccc([N+](=O)[O-])cc2)ccc1C(=O)O. The van der Waals surface area contributed by atoms with Gasteiger partial charge in [-0.05, 0) is 35.4 Å². The highest BCUT2D eigenvalue weighted by Gasteiger charge is 2.10. The van der Waals surface area contributed by atoms with Gasteiger partial charge in [-0.1, -0.05) is 6.07 Å². The van der Waals surface area contributed by atoms with Gasteiger partial charge in [0.1, 0.15) is 0 Å². The number of nitro benzene ring substituents is 1. The van der Waals surface area contributed by atoms with Crippen molar-refractivity contribution < 1.29 is 14.8 Å². The molecule has 0 unspecified atom stereocenters. The normalized spacial score (nSPS) is 10.1. The zero-order chi connectivity index (χ0) is 14.0. The maximum atomic E-state index is 10.8. The number of carboxylic acids is 1. The number of nitrogen functional groups attached to an aromatic ring is 1. The highest BCUT2D eigenvalue weighted by atomic mass is 16.6. The molecule has 0 amide bonds. The molecule has 0 aromatic heterocycles. The van der Waals surface area contributed by atoms with Crippen molar-refractivity contribution in [3.05, 3.63) is 58.1 Å². The summed E-state index contributed by atoms with van der Waals surface area (Å²) in [5.74, 6) is -1.09. The van der Waals surface area contributed by atoms with E-state index in [1.165, 1.54) is 24.3 Å². The molecule has 6 heteroatoms. The van der Waals surface area contributed by atoms with E-state index < -0.39 is 10.9 Å². The Hall–Kier alpha value is -2.89. The Labute approximate surface area is 108 Å². The summed E-state index contributed by atoms with van der Waals surface area (Å²) in [4.78, 5) is 20.9. The number of nitrogens with zero attached hydrogens (tertiary/aromatic N) is 1. The summed E-state index contributed by atoms with van der Waals surface area (Å²) in [6.07, 6.45) is 0. The van der Waals surface area contributed by atoms with Crippen LogP contribution in [0.25, 0.3) is 11.1 Å². The minimum absolute atomic E-state index is 0.00104. The van der Waals surface area contributed by atoms with Crippen LogP contribution in [0.3, 0.4) is 0 Å². The van der Waals surface area contributed by atoms with Gasteiger partial charge in [0.25, 0.3) is 5.69 Å². The molecule has 0 aliphatic carbocycles. The summed E-state index contributed by atoms with van der Waals surface area (Å²) >= 11 is 0. The van der Waals surface area contributed by atoms with Crippen LogP contribution < -0.4 is 5.73 Å². The molecule has 0 fully saturated rings. The Kier molecular flexibility index (Phi) is 3.15. The Morgan fingerprint density at radius 3 is 2.16 bits per heavy atom. The van der Waals surface area contributed by atoms with E-state index in [2.05, 4.69) is 0 Å². The van der Waals surface area contributed by atoms with Crippen LogP contribution in [0.15, 0.2) is 42.5 Å². The van der Waals surface area contributed by atoms with E-state index in [-0.39, 0.29) is 16.9 Å². The fourth-order valence-electron chi connectivity index (χ4n) is 1.71. The number of nitrogens with two attached hydrogens (primary N) is 1. The number of hydrogen-bond donors (Lipinski definition) is 2. The van der Waals surface area contributed by atoms with Crippen molar-refractivity contribution >= 4 is 17.3 Å². The molecule has 0 saturated heterocycles. The van der Waals surface area contributed by atoms with Crippen molar-refractivity contribution in [1.82, 2.24) is 0 Å². The zero-order valence-corrected chi connectivity index (χ0v) is 9.74. The van der Waals surface area contributed by atoms with E-state index >= 15 is 0 Å². The number of benzene rings is 2. The van der Waals surface area contributed by atoms with Crippen LogP contribution in [0.4, 0.5) is 11.4 Å². The predicted molar refractivity (Wildman–Crippen MR) is 69.9 cm³/mol. The number of non-ortho nitro benzene ring substituents is 1. The van der Waals surface area contributed by atoms with Crippen molar-refractivity contribution in [2.24, 2.45) is 0 Å². The molecule has 0 saturated carbocycles. The molecular formula is C13H10N2O4. The third kappa shape index (κ3) is 2.52. The molecule has 2 aromatic rings. The molecule has 0 aliphatic heterocycles. The lowest BCUT2D eigenvalue weighted by atomic mass is 10.0. The molecule has 6 nitrogen and oxygen atoms in total. The molecule has 96 valence electrons. The predicted octanol–water partition coefficient (Wildman–Crippen LogP) is 2.54. The maximum absolute atomic E-state index is 10.8. The van der Waals surface area contributed by atoms with Crippen LogP contribution >= 0.6 is 0 Å². The standard InChI is InChI=1S/C13H10N2O4/c14-12-7-9(3-6-11(12)13(16)17)8-1-4-10(5-2-8)15(18)19/h1-7H,14H2,(H,16,17). The summed E-state index contributed by atoms with van der Waals surface area (Å²) in [6.45, 7) is 0. The Bertz CT molecular complexity index is 650. The number of carbonyl (C=O) groups is 1. The van der Waals surface area contributed by atoms with Gasteiger partial charge in [0, 0.05) is 17.8 Å². The van der Waals surface area contributed by atoms with E-state index in [1.807, 2.05) is 0 Å². The lowest BCUT2D eigenvalue weighted by Crippen LogP contribution is -2.02. The second kappa shape index (κ2) is 4.77. The highest BCUT2D eigenvalue weighted by Crippen LogP contribution is 2.25. The molecule has 0 atom stereocenters. The minimum Gasteiger partial charge on any atom is -0.478 e. The van der Waals surface area contributed by atoms with Crippen LogP contribution in [0, 0.1) is 10.1 Å². The molecule has 0 bridgehead atoms. The van der Waals surface area contributed by atoms with Gasteiger partial charge in [-0.3, -0.25) is 10.1 Å². The fourth-order valence-corrected chi connectivity index (χ4v) is 1.71. The monoisotopic (exact) mass is 258 g/mol. The number of aromatic carboxylic acids is 1. The van der Waals surface area contributed by atoms with Crippen LogP contribution in [0.2, 0.25) is 0 Å². The highest BCUT2D eigenvalue weighted by molar-refractivity contribution is 5.94. The lowest BCUT2D eigenvalue weighted by molar-refractivity contribution is -0.384. The second-order valence-electron chi connectivity index (χ2n) is 3.91. The number of anilines is 1. The van der Waals surface area contributed by atoms with E-state index in [9.17, 15) is 14.9 Å². The van der Waals surface area contributed by atoms with Gasteiger partial charge >= 0.3 is 5.97 Å². The molecule has 0 radical (unpaired) electrons. The Morgan fingerprint density at radius 2 is 1.68 bits per heavy atom. The van der Waals surface area contributed by atoms with Crippen LogP contribution in [0.5, 0.6) is 0 Å². The van der Waals surface area contributed by atoms with Gasteiger partial charge in [-0.2, -0.15) is 0 Å². The molecule has 3 N–H and O–H groups in total. The molecule has 0 aliphatic rings. The number of carboxylic acid groups (broad SMARTS) is 1. The molecule has 2 rings (SSSR count). The van der Waals surface area contributed by atoms with Crippen LogP contribution in [-0.2, 0) is 0 Å². The molecule has 0 spiro atoms. The largest absolute Gasteiger partial charge is 0.478 e. The van der Waals surface area contributed by atoms with E-state index in [1.54, 1.807) is 18.2 Å². The van der Waals surface area contributed by atoms with Crippen molar-refractivity contribution in [2.45, 2.75) is 0 Å². The van der Waals surface area contributed by atoms with Crippen molar-refractivity contribution in [2.75, 3.05) is 5.73 Å². The Balaban J connectivity index is 2.39. The van der Waals surface area contributed by atoms with Gasteiger partial charge in [0.05, 0.1) is 10.5 Å². The average molecular weight is 258 g/mol. The Morgan fingerprint density at radius 1 is 1.11 bits per heavy atom. The van der Waals surface area contributed by atoms with Crippen LogP contribution in [-0.4, -0.2) is 16.0 Å². The summed E-state index contributed by atoms with van der Waals surface area (Å²) in [5, 5.41) is 19.4. The molecule has 0 heterocycles. The summed E-state index contributed by atoms with van der Waals surface area (Å²) < 4.78 is 0. The topological polar surface area (TPSA) is 106 Å². The fraction of sp³-hybridized carbons (Fsp3) is 0. The smallest absolute Gasteiger partial charge is 0.337 e. The lowest BCUT2D eigenvalue weighted by Gasteiger charge is -2.05. The van der Waals surface area contributed by atoms with Crippen molar-refractivity contribution in [3.8, 4) is 11.1 Å². The van der Waals surface area contributed by atoms with E-state index in [4.69, 9.17) is 10.8 Å². The number of hydrogen-bond acceptors (Lipinski definition) is 4. The summed E-state index contributed by atoms with van der Waals surface area (Å²) in [6, 6.07) is 10.5. The third-order valence-electron chi connectivity index (χ3n) is 2.69. The van der Waals surface area contributed by atoms with Crippen LogP contribution in [0.1, 0.15) is 10.4 Å². The van der Waals surface area contributed by atoms with E-state index in [0.29, 0.717) is 5.56 Å². The van der Waals surface area contributed by atoms with Gasteiger partial charge < -0.3 is 10.8 Å². The van der Waals surface area contributed by atoms with Gasteiger partial charge in [-0.15, -0.1) is 0 Å². The minimum atomic E-state index is -1.09. The number of rotatable bonds is 3. The summed E-state index contributed by atoms with van der Waals surface area (Å²) in [5.41, 5.74) is 7.27. The van der Waals surface area contributed by atoms with Gasteiger partial charge in [0.15, 0.2) is 0 Å². The first-order chi connectivity index (χ1) is 8.99. The first kappa shape index (κ1) is 12.6. The van der Waals surface area contributed by atoms with Crippen molar-refractivity contribution in [1.29, 1.82) is 0 Å². The van der Waals surface area contributed by atoms with Gasteiger partial charge in [-0.25, -0.2) is 4.79 Å². The number of nitro groups is 1. The first-order valence-electron chi connectivity index (χ1n) is 5.36. The summed E-state index contributed by atoms with van der Waals surface area (Å²) in [7, 11) is 0. The molecular weight excluding hydrogens is 248 g/mol. The zero-order valence-electron chi connectivity index (χ0n) is 9.74. The maximum Gasteiger partial charge on any atom is 0.337 e. The molecule has 2 aromatic carbocycles. The quantitative estimate of drug-likeness (QED) is 0.499. The second-order valence-corrected chi connectivity index (χ2v) is 3.91.